The van der Waals surface area contributed by atoms with Crippen LogP contribution in [-0.4, -0.2) is 16.1 Å². The Morgan fingerprint density at radius 2 is 2.27 bits per heavy atom. The lowest BCUT2D eigenvalue weighted by Gasteiger charge is -2.06. The molecule has 0 radical (unpaired) electrons. The van der Waals surface area contributed by atoms with Crippen LogP contribution in [0.3, 0.4) is 0 Å². The third-order valence-electron chi connectivity index (χ3n) is 1.58. The molecule has 3 nitrogen and oxygen atoms in total. The molecule has 0 spiro atoms. The largest absolute Gasteiger partial charge is 0.481 e. The lowest BCUT2D eigenvalue weighted by molar-refractivity contribution is -0.136. The molecule has 0 aliphatic heterocycles. The third kappa shape index (κ3) is 3.10. The van der Waals surface area contributed by atoms with Crippen LogP contribution in [0.1, 0.15) is 17.7 Å². The van der Waals surface area contributed by atoms with Crippen molar-refractivity contribution in [2.75, 3.05) is 0 Å². The van der Waals surface area contributed by atoms with Crippen molar-refractivity contribution in [1.82, 2.24) is 4.98 Å². The van der Waals surface area contributed by atoms with Crippen molar-refractivity contribution in [3.8, 4) is 0 Å². The van der Waals surface area contributed by atoms with E-state index in [-0.39, 0.29) is 21.6 Å². The fourth-order valence-electron chi connectivity index (χ4n) is 0.957. The van der Waals surface area contributed by atoms with E-state index in [1.165, 1.54) is 6.07 Å². The third-order valence-corrected chi connectivity index (χ3v) is 2.54. The predicted molar refractivity (Wildman–Crippen MR) is 53.2 cm³/mol. The Labute approximate surface area is 97.2 Å². The molecule has 0 bridgehead atoms. The molecule has 0 fully saturated rings. The van der Waals surface area contributed by atoms with Gasteiger partial charge in [-0.15, -0.1) is 0 Å². The number of hydrogen-bond acceptors (Lipinski definition) is 2. The van der Waals surface area contributed by atoms with Gasteiger partial charge >= 0.3 is 5.97 Å². The second-order valence-corrected chi connectivity index (χ2v) is 3.89. The molecule has 1 aromatic heterocycles. The molecule has 1 aromatic rings. The highest BCUT2D eigenvalue weighted by Crippen LogP contribution is 2.29. The topological polar surface area (TPSA) is 50.2 Å². The molecule has 1 heterocycles. The summed E-state index contributed by atoms with van der Waals surface area (Å²) in [6.07, 6.45) is -3.11. The Bertz CT molecular complexity index is 400. The van der Waals surface area contributed by atoms with E-state index in [1.807, 2.05) is 0 Å². The fourth-order valence-corrected chi connectivity index (χ4v) is 1.71. The van der Waals surface area contributed by atoms with Crippen LogP contribution in [0.4, 0.5) is 8.78 Å². The quantitative estimate of drug-likeness (QED) is 0.873. The normalized spacial score (nSPS) is 10.7. The number of aliphatic carboxylic acids is 1. The Hall–Kier alpha value is -0.750. The second kappa shape index (κ2) is 4.85. The molecule has 15 heavy (non-hydrogen) atoms. The first-order valence-corrected chi connectivity index (χ1v) is 4.93. The van der Waals surface area contributed by atoms with Crippen molar-refractivity contribution in [1.29, 1.82) is 0 Å². The number of halogens is 4. The standard InChI is InChI=1S/C8H5BrClF2NO2/c9-4-1-3(2-5(14)15)7(10)13-6(4)8(11)12/h1,8H,2H2,(H,14,15). The van der Waals surface area contributed by atoms with Crippen LogP contribution in [0.15, 0.2) is 10.5 Å². The van der Waals surface area contributed by atoms with E-state index in [0.717, 1.165) is 0 Å². The highest BCUT2D eigenvalue weighted by Gasteiger charge is 2.17. The number of rotatable bonds is 3. The lowest BCUT2D eigenvalue weighted by atomic mass is 10.2. The van der Waals surface area contributed by atoms with Gasteiger partial charge in [0.25, 0.3) is 6.43 Å². The van der Waals surface area contributed by atoms with Crippen molar-refractivity contribution < 1.29 is 18.7 Å². The van der Waals surface area contributed by atoms with Gasteiger partial charge in [0.05, 0.1) is 6.42 Å². The summed E-state index contributed by atoms with van der Waals surface area (Å²) in [5.41, 5.74) is -0.297. The summed E-state index contributed by atoms with van der Waals surface area (Å²) in [5, 5.41) is 8.30. The van der Waals surface area contributed by atoms with Gasteiger partial charge in [0.15, 0.2) is 0 Å². The number of carboxylic acids is 1. The van der Waals surface area contributed by atoms with Crippen molar-refractivity contribution >= 4 is 33.5 Å². The van der Waals surface area contributed by atoms with Gasteiger partial charge in [0.2, 0.25) is 0 Å². The lowest BCUT2D eigenvalue weighted by Crippen LogP contribution is -2.03. The fraction of sp³-hybridized carbons (Fsp3) is 0.250. The highest BCUT2D eigenvalue weighted by molar-refractivity contribution is 9.10. The number of carboxylic acid groups (broad SMARTS) is 1. The van der Waals surface area contributed by atoms with Crippen LogP contribution in [0.2, 0.25) is 5.15 Å². The molecule has 0 saturated heterocycles. The van der Waals surface area contributed by atoms with Crippen LogP contribution in [-0.2, 0) is 11.2 Å². The number of alkyl halides is 2. The van der Waals surface area contributed by atoms with Gasteiger partial charge in [-0.25, -0.2) is 13.8 Å². The zero-order valence-electron chi connectivity index (χ0n) is 7.18. The minimum atomic E-state index is -2.75. The highest BCUT2D eigenvalue weighted by atomic mass is 79.9. The minimum absolute atomic E-state index is 0.0538. The van der Waals surface area contributed by atoms with E-state index in [2.05, 4.69) is 20.9 Å². The van der Waals surface area contributed by atoms with Gasteiger partial charge in [-0.3, -0.25) is 4.79 Å². The zero-order chi connectivity index (χ0) is 11.6. The SMILES string of the molecule is O=C(O)Cc1cc(Br)c(C(F)F)nc1Cl. The maximum Gasteiger partial charge on any atom is 0.307 e. The van der Waals surface area contributed by atoms with Crippen LogP contribution in [0.25, 0.3) is 0 Å². The first-order valence-electron chi connectivity index (χ1n) is 3.76. The molecule has 0 aromatic carbocycles. The average Bonchev–Trinajstić information content (AvgIpc) is 2.09. The van der Waals surface area contributed by atoms with E-state index in [9.17, 15) is 13.6 Å². The van der Waals surface area contributed by atoms with Crippen molar-refractivity contribution in [3.05, 3.63) is 26.9 Å². The molecule has 82 valence electrons. The summed E-state index contributed by atoms with van der Waals surface area (Å²) in [7, 11) is 0. The molecule has 1 N–H and O–H groups in total. The first-order chi connectivity index (χ1) is 6.91. The van der Waals surface area contributed by atoms with Gasteiger partial charge in [-0.2, -0.15) is 0 Å². The molecule has 1 rings (SSSR count). The second-order valence-electron chi connectivity index (χ2n) is 2.68. The summed E-state index contributed by atoms with van der Waals surface area (Å²) >= 11 is 8.44. The Morgan fingerprint density at radius 3 is 2.73 bits per heavy atom. The van der Waals surface area contributed by atoms with Gasteiger partial charge in [0, 0.05) is 10.0 Å². The van der Waals surface area contributed by atoms with Crippen molar-refractivity contribution in [2.24, 2.45) is 0 Å². The maximum absolute atomic E-state index is 12.3. The van der Waals surface area contributed by atoms with Crippen LogP contribution in [0.5, 0.6) is 0 Å². The summed E-state index contributed by atoms with van der Waals surface area (Å²) in [6, 6.07) is 1.24. The average molecular weight is 300 g/mol. The van der Waals surface area contributed by atoms with Crippen LogP contribution >= 0.6 is 27.5 Å². The summed E-state index contributed by atoms with van der Waals surface area (Å²) in [5.74, 6) is -1.10. The summed E-state index contributed by atoms with van der Waals surface area (Å²) in [4.78, 5) is 13.8. The number of pyridine rings is 1. The molecule has 0 unspecified atom stereocenters. The Kier molecular flexibility index (Phi) is 3.98. The Balaban J connectivity index is 3.13. The first kappa shape index (κ1) is 12.3. The van der Waals surface area contributed by atoms with Crippen molar-refractivity contribution in [3.63, 3.8) is 0 Å². The van der Waals surface area contributed by atoms with E-state index < -0.39 is 18.1 Å². The molecule has 0 amide bonds. The van der Waals surface area contributed by atoms with E-state index in [0.29, 0.717) is 0 Å². The zero-order valence-corrected chi connectivity index (χ0v) is 9.52. The molecular formula is C8H5BrClF2NO2. The summed E-state index contributed by atoms with van der Waals surface area (Å²) < 4.78 is 24.7. The van der Waals surface area contributed by atoms with E-state index in [4.69, 9.17) is 16.7 Å². The van der Waals surface area contributed by atoms with E-state index >= 15 is 0 Å². The number of carbonyl (C=O) groups is 1. The maximum atomic E-state index is 12.3. The molecular weight excluding hydrogens is 295 g/mol. The number of nitrogens with zero attached hydrogens (tertiary/aromatic N) is 1. The van der Waals surface area contributed by atoms with Crippen LogP contribution < -0.4 is 0 Å². The minimum Gasteiger partial charge on any atom is -0.481 e. The number of hydrogen-bond donors (Lipinski definition) is 1. The number of aromatic nitrogens is 1. The van der Waals surface area contributed by atoms with E-state index in [1.54, 1.807) is 0 Å². The smallest absolute Gasteiger partial charge is 0.307 e. The molecule has 0 atom stereocenters. The van der Waals surface area contributed by atoms with Crippen molar-refractivity contribution in [2.45, 2.75) is 12.8 Å². The molecule has 0 aliphatic rings. The Morgan fingerprint density at radius 1 is 1.67 bits per heavy atom. The molecule has 7 heteroatoms. The van der Waals surface area contributed by atoms with Gasteiger partial charge in [-0.1, -0.05) is 11.6 Å². The van der Waals surface area contributed by atoms with Crippen LogP contribution in [0, 0.1) is 0 Å². The van der Waals surface area contributed by atoms with Gasteiger partial charge in [0.1, 0.15) is 10.8 Å². The molecule has 0 aliphatic carbocycles. The van der Waals surface area contributed by atoms with Gasteiger partial charge in [-0.05, 0) is 22.0 Å². The molecule has 0 saturated carbocycles. The predicted octanol–water partition coefficient (Wildman–Crippen LogP) is 3.06. The van der Waals surface area contributed by atoms with Gasteiger partial charge < -0.3 is 5.11 Å². The summed E-state index contributed by atoms with van der Waals surface area (Å²) in [6.45, 7) is 0. The monoisotopic (exact) mass is 299 g/mol.